The second kappa shape index (κ2) is 6.69. The maximum atomic E-state index is 5.52. The summed E-state index contributed by atoms with van der Waals surface area (Å²) in [7, 11) is -1.96. The van der Waals surface area contributed by atoms with Crippen molar-refractivity contribution in [3.05, 3.63) is 0 Å². The van der Waals surface area contributed by atoms with Crippen molar-refractivity contribution in [1.29, 1.82) is 0 Å². The molecule has 0 aromatic rings. The van der Waals surface area contributed by atoms with E-state index in [0.29, 0.717) is 0 Å². The first-order chi connectivity index (χ1) is 6.79. The second-order valence-corrected chi connectivity index (χ2v) is 14.2. The highest BCUT2D eigenvalue weighted by molar-refractivity contribution is 6.76. The summed E-state index contributed by atoms with van der Waals surface area (Å²) in [6.07, 6.45) is 0. The Balaban J connectivity index is 4.53. The first kappa shape index (κ1) is 18.4. The van der Waals surface area contributed by atoms with Crippen LogP contribution in [0.15, 0.2) is 0 Å². The predicted octanol–water partition coefficient (Wildman–Crippen LogP) is 4.51. The van der Waals surface area contributed by atoms with Gasteiger partial charge < -0.3 is 11.1 Å². The second-order valence-electron chi connectivity index (χ2n) is 3.65. The van der Waals surface area contributed by atoms with Crippen molar-refractivity contribution >= 4 is 93.1 Å². The highest BCUT2D eigenvalue weighted by atomic mass is 35.6. The topological polar surface area (TPSA) is 27.7 Å². The Morgan fingerprint density at radius 3 is 1.31 bits per heavy atom. The van der Waals surface area contributed by atoms with Crippen LogP contribution >= 0.6 is 69.6 Å². The van der Waals surface area contributed by atoms with Crippen molar-refractivity contribution < 1.29 is 11.1 Å². The molecule has 0 spiro atoms. The SMILES string of the molecule is C[Si](C)(C)[O][Al]([O]C(Cl)(Cl)Cl)[O]C(Cl)(Cl)Cl. The molecule has 11 heteroatoms. The normalized spacial score (nSPS) is 14.1. The van der Waals surface area contributed by atoms with Crippen molar-refractivity contribution in [1.82, 2.24) is 0 Å². The molecule has 0 radical (unpaired) electrons. The largest absolute Gasteiger partial charge is 0.900 e. The molecule has 16 heavy (non-hydrogen) atoms. The van der Waals surface area contributed by atoms with Gasteiger partial charge in [-0.05, 0) is 19.6 Å². The van der Waals surface area contributed by atoms with E-state index < -0.39 is 31.4 Å². The van der Waals surface area contributed by atoms with Gasteiger partial charge in [-0.15, -0.1) is 0 Å². The van der Waals surface area contributed by atoms with Crippen LogP contribution in [0, 0.1) is 0 Å². The predicted molar refractivity (Wildman–Crippen MR) is 72.9 cm³/mol. The number of halogens is 6. The lowest BCUT2D eigenvalue weighted by molar-refractivity contribution is 0.134. The van der Waals surface area contributed by atoms with Crippen molar-refractivity contribution in [2.75, 3.05) is 0 Å². The number of hydrogen-bond acceptors (Lipinski definition) is 3. The molecular formula is C5H9AlCl6O3Si. The molecule has 0 amide bonds. The van der Waals surface area contributed by atoms with Gasteiger partial charge in [0.05, 0.1) is 0 Å². The monoisotopic (exact) mass is 382 g/mol. The van der Waals surface area contributed by atoms with Crippen molar-refractivity contribution in [3.63, 3.8) is 0 Å². The lowest BCUT2D eigenvalue weighted by atomic mass is 11.6. The van der Waals surface area contributed by atoms with Gasteiger partial charge in [0.1, 0.15) is 0 Å². The highest BCUT2D eigenvalue weighted by Crippen LogP contribution is 2.34. The van der Waals surface area contributed by atoms with Crippen LogP contribution in [0.25, 0.3) is 0 Å². The fourth-order valence-electron chi connectivity index (χ4n) is 0.579. The Morgan fingerprint density at radius 2 is 1.12 bits per heavy atom. The first-order valence-corrected chi connectivity index (χ1v) is 11.0. The van der Waals surface area contributed by atoms with E-state index >= 15 is 0 Å². The van der Waals surface area contributed by atoms with Gasteiger partial charge in [0.15, 0.2) is 8.32 Å². The minimum Gasteiger partial charge on any atom is -0.498 e. The van der Waals surface area contributed by atoms with Gasteiger partial charge in [-0.25, -0.2) is 0 Å². The highest BCUT2D eigenvalue weighted by Gasteiger charge is 2.47. The molecule has 0 aromatic carbocycles. The third-order valence-electron chi connectivity index (χ3n) is 0.909. The van der Waals surface area contributed by atoms with E-state index in [9.17, 15) is 0 Å². The molecule has 0 N–H and O–H groups in total. The van der Waals surface area contributed by atoms with Crippen LogP contribution in [-0.2, 0) is 11.1 Å². The fraction of sp³-hybridized carbons (Fsp3) is 1.00. The van der Waals surface area contributed by atoms with Crippen molar-refractivity contribution in [3.8, 4) is 0 Å². The van der Waals surface area contributed by atoms with E-state index in [1.165, 1.54) is 0 Å². The van der Waals surface area contributed by atoms with Crippen LogP contribution < -0.4 is 0 Å². The Labute approximate surface area is 131 Å². The molecule has 0 unspecified atom stereocenters. The summed E-state index contributed by atoms with van der Waals surface area (Å²) in [5, 5.41) is 0. The lowest BCUT2D eigenvalue weighted by Gasteiger charge is -2.27. The van der Waals surface area contributed by atoms with Crippen molar-refractivity contribution in [2.24, 2.45) is 0 Å². The Morgan fingerprint density at radius 1 is 0.812 bits per heavy atom. The van der Waals surface area contributed by atoms with Gasteiger partial charge in [-0.3, -0.25) is 0 Å². The van der Waals surface area contributed by atoms with Crippen LogP contribution in [0.2, 0.25) is 19.6 Å². The first-order valence-electron chi connectivity index (χ1n) is 3.95. The minimum atomic E-state index is -2.84. The van der Waals surface area contributed by atoms with Gasteiger partial charge in [0, 0.05) is 0 Å². The average molecular weight is 385 g/mol. The van der Waals surface area contributed by atoms with Crippen LogP contribution in [0.3, 0.4) is 0 Å². The molecular weight excluding hydrogens is 376 g/mol. The number of alkyl halides is 6. The Kier molecular flexibility index (Phi) is 7.68. The molecule has 0 atom stereocenters. The molecule has 0 heterocycles. The van der Waals surface area contributed by atoms with E-state index in [1.807, 2.05) is 19.6 Å². The van der Waals surface area contributed by atoms with E-state index in [1.54, 1.807) is 0 Å². The molecule has 96 valence electrons. The van der Waals surface area contributed by atoms with E-state index in [2.05, 4.69) is 0 Å². The maximum absolute atomic E-state index is 5.52. The zero-order valence-corrected chi connectivity index (χ0v) is 15.3. The quantitative estimate of drug-likeness (QED) is 0.527. The van der Waals surface area contributed by atoms with Gasteiger partial charge in [-0.2, -0.15) is 0 Å². The number of rotatable bonds is 4. The molecule has 0 rings (SSSR count). The molecule has 0 aromatic heterocycles. The third-order valence-corrected chi connectivity index (χ3v) is 7.03. The molecule has 3 nitrogen and oxygen atoms in total. The summed E-state index contributed by atoms with van der Waals surface area (Å²) in [6, 6.07) is 0. The van der Waals surface area contributed by atoms with Gasteiger partial charge >= 0.3 is 15.1 Å². The lowest BCUT2D eigenvalue weighted by Crippen LogP contribution is -2.43. The van der Waals surface area contributed by atoms with Gasteiger partial charge in [-0.1, -0.05) is 69.6 Å². The van der Waals surface area contributed by atoms with Crippen molar-refractivity contribution in [2.45, 2.75) is 27.6 Å². The zero-order chi connectivity index (χ0) is 13.2. The summed E-state index contributed by atoms with van der Waals surface area (Å²) in [4.78, 5) is 0. The molecule has 0 saturated carbocycles. The van der Waals surface area contributed by atoms with Crippen LogP contribution in [0.5, 0.6) is 0 Å². The molecule has 0 fully saturated rings. The van der Waals surface area contributed by atoms with E-state index in [-0.39, 0.29) is 0 Å². The Bertz CT molecular complexity index is 186. The third kappa shape index (κ3) is 12.8. The standard InChI is InChI=1S/C3H9OSi.2CCl3O.Al/c1-5(2,3)4;2*2-1(3,4)5;/h1-3H3;;;/q3*-1;+3. The molecule has 0 saturated heterocycles. The summed E-state index contributed by atoms with van der Waals surface area (Å²) < 4.78 is 11.5. The van der Waals surface area contributed by atoms with Gasteiger partial charge in [0.25, 0.3) is 7.96 Å². The van der Waals surface area contributed by atoms with Gasteiger partial charge in [0.2, 0.25) is 0 Å². The fourth-order valence-corrected chi connectivity index (χ4v) is 5.07. The molecule has 0 aliphatic carbocycles. The van der Waals surface area contributed by atoms with Crippen LogP contribution in [0.4, 0.5) is 0 Å². The zero-order valence-electron chi connectivity index (χ0n) is 8.57. The summed E-state index contributed by atoms with van der Waals surface area (Å²) in [5.41, 5.74) is 0. The minimum absolute atomic E-state index is 1.90. The molecule has 0 aliphatic heterocycles. The Hall–Kier alpha value is 2.37. The smallest absolute Gasteiger partial charge is 0.498 e. The summed E-state index contributed by atoms with van der Waals surface area (Å²) in [5.74, 6) is 0. The number of hydrogen-bond donors (Lipinski definition) is 0. The molecule has 0 bridgehead atoms. The maximum Gasteiger partial charge on any atom is 0.900 e. The van der Waals surface area contributed by atoms with E-state index in [0.717, 1.165) is 0 Å². The average Bonchev–Trinajstić information content (AvgIpc) is 1.70. The van der Waals surface area contributed by atoms with Crippen LogP contribution in [-0.4, -0.2) is 31.4 Å². The van der Waals surface area contributed by atoms with E-state index in [4.69, 9.17) is 80.7 Å². The summed E-state index contributed by atoms with van der Waals surface area (Å²) in [6.45, 7) is 5.70. The molecule has 0 aliphatic rings. The van der Waals surface area contributed by atoms with Crippen LogP contribution in [0.1, 0.15) is 0 Å². The summed E-state index contributed by atoms with van der Waals surface area (Å²) >= 11 is 29.9.